The standard InChI is InChI=1S/C22H29ClN4O5/c1-3-4-9-26-20-19(25(15-24-20)10-11-31-2)21(29)27(22(26)30)12-17(28)14-32-13-16-7-5-6-8-18(16)23/h5-8,15,17,28H,3-4,9-14H2,1-2H3. The van der Waals surface area contributed by atoms with E-state index >= 15 is 0 Å². The minimum Gasteiger partial charge on any atom is -0.389 e. The van der Waals surface area contributed by atoms with Crippen molar-refractivity contribution < 1.29 is 14.6 Å². The Kier molecular flexibility index (Phi) is 8.63. The van der Waals surface area contributed by atoms with Crippen LogP contribution in [-0.2, 0) is 35.7 Å². The van der Waals surface area contributed by atoms with Gasteiger partial charge in [-0.3, -0.25) is 13.9 Å². The van der Waals surface area contributed by atoms with Gasteiger partial charge in [-0.2, -0.15) is 0 Å². The topological polar surface area (TPSA) is 101 Å². The van der Waals surface area contributed by atoms with E-state index in [4.69, 9.17) is 21.1 Å². The summed E-state index contributed by atoms with van der Waals surface area (Å²) in [7, 11) is 1.58. The molecule has 0 saturated carbocycles. The highest BCUT2D eigenvalue weighted by Gasteiger charge is 2.20. The number of methoxy groups -OCH3 is 1. The van der Waals surface area contributed by atoms with Crippen LogP contribution in [0.3, 0.4) is 0 Å². The fourth-order valence-electron chi connectivity index (χ4n) is 3.46. The summed E-state index contributed by atoms with van der Waals surface area (Å²) < 4.78 is 14.9. The Morgan fingerprint density at radius 1 is 1.19 bits per heavy atom. The van der Waals surface area contributed by atoms with Gasteiger partial charge >= 0.3 is 5.69 Å². The molecule has 0 amide bonds. The summed E-state index contributed by atoms with van der Waals surface area (Å²) >= 11 is 6.12. The third-order valence-electron chi connectivity index (χ3n) is 5.17. The van der Waals surface area contributed by atoms with E-state index in [2.05, 4.69) is 4.98 Å². The SMILES string of the molecule is CCCCn1c(=O)n(CC(O)COCc2ccccc2Cl)c(=O)c2c1ncn2CCOC. The quantitative estimate of drug-likeness (QED) is 0.440. The second-order valence-corrected chi connectivity index (χ2v) is 7.97. The number of aromatic nitrogens is 4. The van der Waals surface area contributed by atoms with Crippen molar-refractivity contribution in [3.8, 4) is 0 Å². The molecule has 1 aromatic carbocycles. The first kappa shape index (κ1) is 24.2. The van der Waals surface area contributed by atoms with Gasteiger partial charge in [-0.05, 0) is 18.1 Å². The number of halogens is 1. The van der Waals surface area contributed by atoms with E-state index in [0.717, 1.165) is 23.0 Å². The predicted molar refractivity (Wildman–Crippen MR) is 122 cm³/mol. The molecule has 0 fully saturated rings. The van der Waals surface area contributed by atoms with Gasteiger partial charge in [0, 0.05) is 25.2 Å². The van der Waals surface area contributed by atoms with Crippen LogP contribution in [0.2, 0.25) is 5.02 Å². The number of aliphatic hydroxyl groups is 1. The van der Waals surface area contributed by atoms with Crippen molar-refractivity contribution in [2.24, 2.45) is 0 Å². The zero-order valence-electron chi connectivity index (χ0n) is 18.4. The average Bonchev–Trinajstić information content (AvgIpc) is 3.20. The number of hydrogen-bond acceptors (Lipinski definition) is 6. The lowest BCUT2D eigenvalue weighted by Crippen LogP contribution is -2.43. The molecule has 0 bridgehead atoms. The van der Waals surface area contributed by atoms with Crippen molar-refractivity contribution >= 4 is 22.8 Å². The van der Waals surface area contributed by atoms with E-state index in [1.54, 1.807) is 24.1 Å². The predicted octanol–water partition coefficient (Wildman–Crippen LogP) is 2.04. The fourth-order valence-corrected chi connectivity index (χ4v) is 3.65. The third-order valence-corrected chi connectivity index (χ3v) is 5.54. The summed E-state index contributed by atoms with van der Waals surface area (Å²) in [6, 6.07) is 7.27. The van der Waals surface area contributed by atoms with Gasteiger partial charge in [-0.15, -0.1) is 0 Å². The van der Waals surface area contributed by atoms with Crippen LogP contribution in [0.15, 0.2) is 40.2 Å². The number of rotatable bonds is 12. The van der Waals surface area contributed by atoms with Crippen LogP contribution in [0.4, 0.5) is 0 Å². The van der Waals surface area contributed by atoms with Crippen LogP contribution < -0.4 is 11.2 Å². The Labute approximate surface area is 190 Å². The van der Waals surface area contributed by atoms with Crippen LogP contribution >= 0.6 is 11.6 Å². The maximum atomic E-state index is 13.2. The zero-order chi connectivity index (χ0) is 23.1. The molecule has 0 aliphatic carbocycles. The van der Waals surface area contributed by atoms with Crippen LogP contribution in [0.25, 0.3) is 11.2 Å². The van der Waals surface area contributed by atoms with Gasteiger partial charge in [0.15, 0.2) is 11.2 Å². The second-order valence-electron chi connectivity index (χ2n) is 7.57. The molecule has 10 heteroatoms. The van der Waals surface area contributed by atoms with E-state index < -0.39 is 17.4 Å². The number of imidazole rings is 1. The number of aryl methyl sites for hydroxylation is 1. The molecule has 1 N–H and O–H groups in total. The highest BCUT2D eigenvalue weighted by Crippen LogP contribution is 2.15. The summed E-state index contributed by atoms with van der Waals surface area (Å²) in [5, 5.41) is 11.1. The third kappa shape index (κ3) is 5.47. The molecule has 3 rings (SSSR count). The van der Waals surface area contributed by atoms with Gasteiger partial charge in [0.05, 0.1) is 38.8 Å². The highest BCUT2D eigenvalue weighted by molar-refractivity contribution is 6.31. The van der Waals surface area contributed by atoms with E-state index in [9.17, 15) is 14.7 Å². The first-order valence-electron chi connectivity index (χ1n) is 10.6. The Hall–Kier alpha value is -2.46. The van der Waals surface area contributed by atoms with E-state index in [1.165, 1.54) is 4.57 Å². The molecule has 1 unspecified atom stereocenters. The number of fused-ring (bicyclic) bond motifs is 1. The number of ether oxygens (including phenoxy) is 2. The molecular weight excluding hydrogens is 436 g/mol. The van der Waals surface area contributed by atoms with E-state index in [1.807, 2.05) is 25.1 Å². The second kappa shape index (κ2) is 11.4. The normalized spacial score (nSPS) is 12.5. The van der Waals surface area contributed by atoms with Crippen molar-refractivity contribution in [2.45, 2.75) is 52.1 Å². The highest BCUT2D eigenvalue weighted by atomic mass is 35.5. The van der Waals surface area contributed by atoms with Crippen molar-refractivity contribution in [2.75, 3.05) is 20.3 Å². The van der Waals surface area contributed by atoms with Gasteiger partial charge < -0.3 is 19.1 Å². The maximum absolute atomic E-state index is 13.2. The Bertz CT molecular complexity index is 1150. The van der Waals surface area contributed by atoms with Crippen molar-refractivity contribution in [1.29, 1.82) is 0 Å². The lowest BCUT2D eigenvalue weighted by atomic mass is 10.2. The summed E-state index contributed by atoms with van der Waals surface area (Å²) in [6.07, 6.45) is 2.15. The van der Waals surface area contributed by atoms with Crippen LogP contribution in [0.5, 0.6) is 0 Å². The molecule has 0 spiro atoms. The molecule has 3 aromatic rings. The molecule has 0 radical (unpaired) electrons. The molecule has 1 atom stereocenters. The maximum Gasteiger partial charge on any atom is 0.332 e. The van der Waals surface area contributed by atoms with Crippen LogP contribution in [0, 0.1) is 0 Å². The monoisotopic (exact) mass is 464 g/mol. The first-order valence-corrected chi connectivity index (χ1v) is 11.0. The molecular formula is C22H29ClN4O5. The molecule has 2 heterocycles. The number of benzene rings is 1. The number of aliphatic hydroxyl groups excluding tert-OH is 1. The largest absolute Gasteiger partial charge is 0.389 e. The smallest absolute Gasteiger partial charge is 0.332 e. The van der Waals surface area contributed by atoms with Crippen molar-refractivity contribution in [3.05, 3.63) is 62.0 Å². The number of unbranched alkanes of at least 4 members (excludes halogenated alkanes) is 1. The average molecular weight is 465 g/mol. The molecule has 0 aliphatic rings. The zero-order valence-corrected chi connectivity index (χ0v) is 19.1. The summed E-state index contributed by atoms with van der Waals surface area (Å²) in [6.45, 7) is 3.27. The van der Waals surface area contributed by atoms with Crippen LogP contribution in [-0.4, -0.2) is 50.2 Å². The van der Waals surface area contributed by atoms with Gasteiger partial charge in [0.1, 0.15) is 0 Å². The van der Waals surface area contributed by atoms with Gasteiger partial charge in [-0.1, -0.05) is 43.1 Å². The molecule has 9 nitrogen and oxygen atoms in total. The molecule has 174 valence electrons. The summed E-state index contributed by atoms with van der Waals surface area (Å²) in [5.74, 6) is 0. The van der Waals surface area contributed by atoms with E-state index in [0.29, 0.717) is 35.9 Å². The minimum absolute atomic E-state index is 0.0486. The number of hydrogen-bond donors (Lipinski definition) is 1. The lowest BCUT2D eigenvalue weighted by Gasteiger charge is -2.16. The molecule has 2 aromatic heterocycles. The summed E-state index contributed by atoms with van der Waals surface area (Å²) in [4.78, 5) is 30.6. The van der Waals surface area contributed by atoms with Gasteiger partial charge in [-0.25, -0.2) is 9.78 Å². The van der Waals surface area contributed by atoms with E-state index in [-0.39, 0.29) is 19.8 Å². The first-order chi connectivity index (χ1) is 15.5. The Morgan fingerprint density at radius 2 is 1.97 bits per heavy atom. The van der Waals surface area contributed by atoms with Crippen LogP contribution in [0.1, 0.15) is 25.3 Å². The Balaban J connectivity index is 1.84. The van der Waals surface area contributed by atoms with Gasteiger partial charge in [0.2, 0.25) is 0 Å². The number of nitrogens with zero attached hydrogens (tertiary/aromatic N) is 4. The van der Waals surface area contributed by atoms with Crippen molar-refractivity contribution in [3.63, 3.8) is 0 Å². The Morgan fingerprint density at radius 3 is 2.69 bits per heavy atom. The minimum atomic E-state index is -1.05. The summed E-state index contributed by atoms with van der Waals surface area (Å²) in [5.41, 5.74) is 0.491. The molecule has 0 saturated heterocycles. The molecule has 32 heavy (non-hydrogen) atoms. The fraction of sp³-hybridized carbons (Fsp3) is 0.500. The van der Waals surface area contributed by atoms with Crippen molar-refractivity contribution in [1.82, 2.24) is 18.7 Å². The van der Waals surface area contributed by atoms with Gasteiger partial charge in [0.25, 0.3) is 5.56 Å². The lowest BCUT2D eigenvalue weighted by molar-refractivity contribution is 0.0192. The molecule has 0 aliphatic heterocycles.